The van der Waals surface area contributed by atoms with Gasteiger partial charge in [0.2, 0.25) is 5.91 Å². The molecule has 4 nitrogen and oxygen atoms in total. The summed E-state index contributed by atoms with van der Waals surface area (Å²) in [6, 6.07) is -0.462. The fraction of sp³-hybridized carbons (Fsp3) is 0.933. The molecule has 1 rings (SSSR count). The highest BCUT2D eigenvalue weighted by molar-refractivity contribution is 5.81. The molecule has 4 heteroatoms. The van der Waals surface area contributed by atoms with Gasteiger partial charge in [-0.1, -0.05) is 27.2 Å². The van der Waals surface area contributed by atoms with Crippen LogP contribution in [0.25, 0.3) is 0 Å². The molecule has 0 aromatic carbocycles. The van der Waals surface area contributed by atoms with E-state index in [0.717, 1.165) is 31.6 Å². The van der Waals surface area contributed by atoms with Gasteiger partial charge in [0.1, 0.15) is 0 Å². The van der Waals surface area contributed by atoms with Gasteiger partial charge in [-0.3, -0.25) is 4.79 Å². The van der Waals surface area contributed by atoms with Crippen LogP contribution in [0.3, 0.4) is 0 Å². The Balaban J connectivity index is 2.33. The SMILES string of the molecule is CCC1CCC(O)(CNC(=O)[C@@H](N)CC(C)C)CC1. The number of amides is 1. The van der Waals surface area contributed by atoms with Gasteiger partial charge in [0.25, 0.3) is 0 Å². The van der Waals surface area contributed by atoms with Crippen molar-refractivity contribution in [1.29, 1.82) is 0 Å². The van der Waals surface area contributed by atoms with Crippen LogP contribution in [0.2, 0.25) is 0 Å². The van der Waals surface area contributed by atoms with Crippen LogP contribution in [0, 0.1) is 11.8 Å². The molecule has 0 aromatic heterocycles. The van der Waals surface area contributed by atoms with Crippen molar-refractivity contribution in [3.05, 3.63) is 0 Å². The Labute approximate surface area is 117 Å². The average molecular weight is 270 g/mol. The lowest BCUT2D eigenvalue weighted by Gasteiger charge is -2.36. The van der Waals surface area contributed by atoms with E-state index < -0.39 is 11.6 Å². The number of aliphatic hydroxyl groups is 1. The molecule has 1 aliphatic rings. The summed E-state index contributed by atoms with van der Waals surface area (Å²) in [6.07, 6.45) is 5.54. The first-order valence-corrected chi connectivity index (χ1v) is 7.62. The maximum atomic E-state index is 11.8. The first-order chi connectivity index (χ1) is 8.86. The van der Waals surface area contributed by atoms with Crippen molar-refractivity contribution in [3.8, 4) is 0 Å². The normalized spacial score (nSPS) is 29.3. The molecule has 1 amide bonds. The maximum Gasteiger partial charge on any atom is 0.237 e. The molecule has 1 fully saturated rings. The Bertz CT molecular complexity index is 284. The van der Waals surface area contributed by atoms with Crippen molar-refractivity contribution in [2.24, 2.45) is 17.6 Å². The molecule has 0 spiro atoms. The van der Waals surface area contributed by atoms with Gasteiger partial charge >= 0.3 is 0 Å². The molecular formula is C15H30N2O2. The predicted molar refractivity (Wildman–Crippen MR) is 77.6 cm³/mol. The highest BCUT2D eigenvalue weighted by atomic mass is 16.3. The molecule has 112 valence electrons. The summed E-state index contributed by atoms with van der Waals surface area (Å²) in [5.74, 6) is 1.00. The monoisotopic (exact) mass is 270 g/mol. The van der Waals surface area contributed by atoms with Crippen molar-refractivity contribution < 1.29 is 9.90 Å². The van der Waals surface area contributed by atoms with Gasteiger partial charge < -0.3 is 16.2 Å². The molecule has 0 unspecified atom stereocenters. The standard InChI is InChI=1S/C15H30N2O2/c1-4-12-5-7-15(19,8-6-12)10-17-14(18)13(16)9-11(2)3/h11-13,19H,4-10,16H2,1-3H3,(H,17,18)/t12?,13-,15?/m0/s1. The summed E-state index contributed by atoms with van der Waals surface area (Å²) in [7, 11) is 0. The van der Waals surface area contributed by atoms with Gasteiger partial charge in [-0.2, -0.15) is 0 Å². The maximum absolute atomic E-state index is 11.8. The lowest BCUT2D eigenvalue weighted by molar-refractivity contribution is -0.124. The quantitative estimate of drug-likeness (QED) is 0.689. The van der Waals surface area contributed by atoms with Crippen LogP contribution in [-0.2, 0) is 4.79 Å². The zero-order chi connectivity index (χ0) is 14.5. The number of carbonyl (C=O) groups is 1. The highest BCUT2D eigenvalue weighted by Gasteiger charge is 2.33. The van der Waals surface area contributed by atoms with E-state index in [2.05, 4.69) is 12.2 Å². The molecule has 1 aliphatic carbocycles. The van der Waals surface area contributed by atoms with Gasteiger partial charge in [-0.05, 0) is 43.9 Å². The summed E-state index contributed by atoms with van der Waals surface area (Å²) in [4.78, 5) is 11.8. The number of nitrogens with one attached hydrogen (secondary N) is 1. The van der Waals surface area contributed by atoms with Gasteiger partial charge in [-0.25, -0.2) is 0 Å². The molecule has 4 N–H and O–H groups in total. The molecule has 0 saturated heterocycles. The van der Waals surface area contributed by atoms with E-state index >= 15 is 0 Å². The number of hydrogen-bond acceptors (Lipinski definition) is 3. The molecule has 0 heterocycles. The summed E-state index contributed by atoms with van der Waals surface area (Å²) in [5, 5.41) is 13.3. The first-order valence-electron chi connectivity index (χ1n) is 7.62. The van der Waals surface area contributed by atoms with Crippen LogP contribution >= 0.6 is 0 Å². The van der Waals surface area contributed by atoms with Crippen molar-refractivity contribution in [1.82, 2.24) is 5.32 Å². The number of hydrogen-bond donors (Lipinski definition) is 3. The van der Waals surface area contributed by atoms with Crippen molar-refractivity contribution >= 4 is 5.91 Å². The van der Waals surface area contributed by atoms with E-state index in [1.54, 1.807) is 0 Å². The fourth-order valence-electron chi connectivity index (χ4n) is 2.80. The minimum Gasteiger partial charge on any atom is -0.388 e. The molecule has 19 heavy (non-hydrogen) atoms. The second kappa shape index (κ2) is 7.25. The molecule has 0 aromatic rings. The van der Waals surface area contributed by atoms with E-state index in [0.29, 0.717) is 18.9 Å². The Morgan fingerprint density at radius 2 is 2.00 bits per heavy atom. The highest BCUT2D eigenvalue weighted by Crippen LogP contribution is 2.33. The van der Waals surface area contributed by atoms with E-state index in [4.69, 9.17) is 5.73 Å². The molecular weight excluding hydrogens is 240 g/mol. The fourth-order valence-corrected chi connectivity index (χ4v) is 2.80. The van der Waals surface area contributed by atoms with Crippen molar-refractivity contribution in [2.45, 2.75) is 70.9 Å². The van der Waals surface area contributed by atoms with Crippen molar-refractivity contribution in [2.75, 3.05) is 6.54 Å². The van der Waals surface area contributed by atoms with Gasteiger partial charge in [0.05, 0.1) is 11.6 Å². The van der Waals surface area contributed by atoms with Crippen molar-refractivity contribution in [3.63, 3.8) is 0 Å². The van der Waals surface area contributed by atoms with Crippen LogP contribution < -0.4 is 11.1 Å². The lowest BCUT2D eigenvalue weighted by atomic mass is 9.78. The Morgan fingerprint density at radius 1 is 1.42 bits per heavy atom. The summed E-state index contributed by atoms with van der Waals surface area (Å²) in [5.41, 5.74) is 5.10. The molecule has 0 radical (unpaired) electrons. The predicted octanol–water partition coefficient (Wildman–Crippen LogP) is 1.81. The zero-order valence-corrected chi connectivity index (χ0v) is 12.6. The smallest absolute Gasteiger partial charge is 0.237 e. The van der Waals surface area contributed by atoms with E-state index in [1.807, 2.05) is 13.8 Å². The number of carbonyl (C=O) groups excluding carboxylic acids is 1. The van der Waals surface area contributed by atoms with Crippen LogP contribution in [-0.4, -0.2) is 29.2 Å². The first kappa shape index (κ1) is 16.4. The largest absolute Gasteiger partial charge is 0.388 e. The Hall–Kier alpha value is -0.610. The van der Waals surface area contributed by atoms with Gasteiger partial charge in [-0.15, -0.1) is 0 Å². The van der Waals surface area contributed by atoms with Gasteiger partial charge in [0, 0.05) is 6.54 Å². The summed E-state index contributed by atoms with van der Waals surface area (Å²) >= 11 is 0. The lowest BCUT2D eigenvalue weighted by Crippen LogP contribution is -2.49. The molecule has 0 aliphatic heterocycles. The minimum absolute atomic E-state index is 0.139. The summed E-state index contributed by atoms with van der Waals surface area (Å²) in [6.45, 7) is 6.63. The Kier molecular flexibility index (Phi) is 6.27. The van der Waals surface area contributed by atoms with Crippen LogP contribution in [0.5, 0.6) is 0 Å². The van der Waals surface area contributed by atoms with Crippen LogP contribution in [0.4, 0.5) is 0 Å². The summed E-state index contributed by atoms with van der Waals surface area (Å²) < 4.78 is 0. The van der Waals surface area contributed by atoms with E-state index in [-0.39, 0.29) is 5.91 Å². The topological polar surface area (TPSA) is 75.3 Å². The molecule has 0 bridgehead atoms. The van der Waals surface area contributed by atoms with E-state index in [9.17, 15) is 9.90 Å². The third kappa shape index (κ3) is 5.49. The van der Waals surface area contributed by atoms with Gasteiger partial charge in [0.15, 0.2) is 0 Å². The minimum atomic E-state index is -0.723. The third-order valence-corrected chi connectivity index (χ3v) is 4.27. The van der Waals surface area contributed by atoms with E-state index in [1.165, 1.54) is 6.42 Å². The number of nitrogens with two attached hydrogens (primary N) is 1. The zero-order valence-electron chi connectivity index (χ0n) is 12.6. The molecule has 1 atom stereocenters. The van der Waals surface area contributed by atoms with Crippen LogP contribution in [0.1, 0.15) is 59.3 Å². The average Bonchev–Trinajstić information content (AvgIpc) is 2.36. The third-order valence-electron chi connectivity index (χ3n) is 4.27. The number of rotatable bonds is 6. The van der Waals surface area contributed by atoms with Crippen LogP contribution in [0.15, 0.2) is 0 Å². The molecule has 1 saturated carbocycles. The second-order valence-corrected chi connectivity index (χ2v) is 6.53. The Morgan fingerprint density at radius 3 is 2.47 bits per heavy atom. The second-order valence-electron chi connectivity index (χ2n) is 6.53.